The molecule has 0 unspecified atom stereocenters. The number of Topliss-reactive ketones (excluding diaryl/α,β-unsaturated/α-hetero) is 2. The van der Waals surface area contributed by atoms with E-state index in [0.717, 1.165) is 25.7 Å². The van der Waals surface area contributed by atoms with Gasteiger partial charge in [0, 0.05) is 11.8 Å². The molecular formula is C15H28O2. The van der Waals surface area contributed by atoms with Crippen LogP contribution in [0.5, 0.6) is 0 Å². The highest BCUT2D eigenvalue weighted by molar-refractivity contribution is 6.39. The molecule has 0 aromatic carbocycles. The minimum absolute atomic E-state index is 0.0187. The van der Waals surface area contributed by atoms with Gasteiger partial charge in [0.2, 0.25) is 5.78 Å². The SMILES string of the molecule is CCC(C)(CC)CC(=O)C(=O)C(C)(CC)CC. The first-order chi connectivity index (χ1) is 7.78. The van der Waals surface area contributed by atoms with Crippen LogP contribution in [-0.4, -0.2) is 11.6 Å². The fraction of sp³-hybridized carbons (Fsp3) is 0.867. The van der Waals surface area contributed by atoms with E-state index in [4.69, 9.17) is 0 Å². The van der Waals surface area contributed by atoms with E-state index in [9.17, 15) is 9.59 Å². The molecule has 2 nitrogen and oxygen atoms in total. The van der Waals surface area contributed by atoms with E-state index in [1.807, 2.05) is 20.8 Å². The van der Waals surface area contributed by atoms with E-state index in [1.54, 1.807) is 0 Å². The molecule has 0 atom stereocenters. The van der Waals surface area contributed by atoms with E-state index < -0.39 is 5.41 Å². The van der Waals surface area contributed by atoms with Gasteiger partial charge in [0.25, 0.3) is 0 Å². The van der Waals surface area contributed by atoms with Gasteiger partial charge in [0.05, 0.1) is 0 Å². The van der Waals surface area contributed by atoms with Gasteiger partial charge in [-0.15, -0.1) is 0 Å². The van der Waals surface area contributed by atoms with Crippen LogP contribution in [0.2, 0.25) is 0 Å². The molecule has 0 fully saturated rings. The lowest BCUT2D eigenvalue weighted by atomic mass is 9.73. The summed E-state index contributed by atoms with van der Waals surface area (Å²) in [5.41, 5.74) is -0.478. The van der Waals surface area contributed by atoms with Crippen LogP contribution in [0.25, 0.3) is 0 Å². The third kappa shape index (κ3) is 3.93. The second kappa shape index (κ2) is 6.32. The molecule has 0 rings (SSSR count). The monoisotopic (exact) mass is 240 g/mol. The van der Waals surface area contributed by atoms with Crippen LogP contribution in [0.15, 0.2) is 0 Å². The van der Waals surface area contributed by atoms with E-state index in [0.29, 0.717) is 6.42 Å². The Balaban J connectivity index is 4.79. The van der Waals surface area contributed by atoms with Crippen molar-refractivity contribution in [2.24, 2.45) is 10.8 Å². The van der Waals surface area contributed by atoms with Crippen LogP contribution in [0.1, 0.15) is 73.6 Å². The van der Waals surface area contributed by atoms with Crippen molar-refractivity contribution in [3.63, 3.8) is 0 Å². The van der Waals surface area contributed by atoms with E-state index in [-0.39, 0.29) is 17.0 Å². The zero-order valence-electron chi connectivity index (χ0n) is 12.4. The van der Waals surface area contributed by atoms with Gasteiger partial charge in [-0.2, -0.15) is 0 Å². The molecular weight excluding hydrogens is 212 g/mol. The number of hydrogen-bond acceptors (Lipinski definition) is 2. The van der Waals surface area contributed by atoms with Crippen molar-refractivity contribution in [1.29, 1.82) is 0 Å². The van der Waals surface area contributed by atoms with E-state index >= 15 is 0 Å². The largest absolute Gasteiger partial charge is 0.291 e. The van der Waals surface area contributed by atoms with Crippen molar-refractivity contribution in [2.45, 2.75) is 73.6 Å². The Morgan fingerprint density at radius 2 is 1.24 bits per heavy atom. The first-order valence-electron chi connectivity index (χ1n) is 6.86. The summed E-state index contributed by atoms with van der Waals surface area (Å²) < 4.78 is 0. The Morgan fingerprint density at radius 1 is 0.824 bits per heavy atom. The van der Waals surface area contributed by atoms with E-state index in [2.05, 4.69) is 20.8 Å². The van der Waals surface area contributed by atoms with Gasteiger partial charge in [-0.3, -0.25) is 9.59 Å². The Bertz CT molecular complexity index is 271. The molecule has 0 amide bonds. The molecule has 0 spiro atoms. The zero-order valence-corrected chi connectivity index (χ0v) is 12.4. The summed E-state index contributed by atoms with van der Waals surface area (Å²) in [7, 11) is 0. The number of carbonyl (C=O) groups excluding carboxylic acids is 2. The molecule has 2 heteroatoms. The number of carbonyl (C=O) groups is 2. The average Bonchev–Trinajstić information content (AvgIpc) is 2.36. The molecule has 0 aromatic heterocycles. The van der Waals surface area contributed by atoms with Crippen molar-refractivity contribution in [3.05, 3.63) is 0 Å². The summed E-state index contributed by atoms with van der Waals surface area (Å²) in [6.45, 7) is 12.1. The van der Waals surface area contributed by atoms with Crippen LogP contribution in [0.4, 0.5) is 0 Å². The van der Waals surface area contributed by atoms with Crippen molar-refractivity contribution in [1.82, 2.24) is 0 Å². The Morgan fingerprint density at radius 3 is 1.53 bits per heavy atom. The first-order valence-corrected chi connectivity index (χ1v) is 6.86. The van der Waals surface area contributed by atoms with Crippen LogP contribution in [0, 0.1) is 10.8 Å². The summed E-state index contributed by atoms with van der Waals surface area (Å²) in [4.78, 5) is 24.3. The second-order valence-corrected chi connectivity index (χ2v) is 5.71. The molecule has 0 saturated carbocycles. The van der Waals surface area contributed by atoms with Gasteiger partial charge in [-0.05, 0) is 18.3 Å². The lowest BCUT2D eigenvalue weighted by Gasteiger charge is -2.29. The van der Waals surface area contributed by atoms with Gasteiger partial charge in [0.1, 0.15) is 0 Å². The highest BCUT2D eigenvalue weighted by Crippen LogP contribution is 2.33. The fourth-order valence-corrected chi connectivity index (χ4v) is 1.88. The summed E-state index contributed by atoms with van der Waals surface area (Å²) in [6, 6.07) is 0. The third-order valence-corrected chi connectivity index (χ3v) is 4.66. The predicted molar refractivity (Wildman–Crippen MR) is 72.0 cm³/mol. The lowest BCUT2D eigenvalue weighted by molar-refractivity contribution is -0.143. The zero-order chi connectivity index (χ0) is 13.7. The van der Waals surface area contributed by atoms with Crippen molar-refractivity contribution in [3.8, 4) is 0 Å². The highest BCUT2D eigenvalue weighted by Gasteiger charge is 2.36. The molecule has 0 heterocycles. The molecule has 0 aliphatic heterocycles. The minimum Gasteiger partial charge on any atom is -0.291 e. The van der Waals surface area contributed by atoms with Crippen LogP contribution < -0.4 is 0 Å². The first kappa shape index (κ1) is 16.3. The Labute approximate surface area is 106 Å². The Kier molecular flexibility index (Phi) is 6.08. The smallest absolute Gasteiger partial charge is 0.204 e. The van der Waals surface area contributed by atoms with Crippen molar-refractivity contribution < 1.29 is 9.59 Å². The standard InChI is InChI=1S/C15H28O2/c1-7-14(5,8-2)11-12(16)13(17)15(6,9-3)10-4/h7-11H2,1-6H3. The number of rotatable bonds is 8. The molecule has 17 heavy (non-hydrogen) atoms. The Hall–Kier alpha value is -0.660. The van der Waals surface area contributed by atoms with Gasteiger partial charge in [-0.1, -0.05) is 54.4 Å². The molecule has 100 valence electrons. The van der Waals surface area contributed by atoms with Crippen molar-refractivity contribution in [2.75, 3.05) is 0 Å². The number of ketones is 2. The van der Waals surface area contributed by atoms with E-state index in [1.165, 1.54) is 0 Å². The van der Waals surface area contributed by atoms with Gasteiger partial charge in [-0.25, -0.2) is 0 Å². The van der Waals surface area contributed by atoms with Crippen molar-refractivity contribution >= 4 is 11.6 Å². The topological polar surface area (TPSA) is 34.1 Å². The van der Waals surface area contributed by atoms with Gasteiger partial charge >= 0.3 is 0 Å². The molecule has 0 aliphatic rings. The lowest BCUT2D eigenvalue weighted by Crippen LogP contribution is -2.35. The maximum absolute atomic E-state index is 12.2. The van der Waals surface area contributed by atoms with Crippen LogP contribution in [-0.2, 0) is 9.59 Å². The molecule has 0 aliphatic carbocycles. The number of hydrogen-bond donors (Lipinski definition) is 0. The molecule has 0 bridgehead atoms. The maximum atomic E-state index is 12.2. The normalized spacial score (nSPS) is 12.6. The maximum Gasteiger partial charge on any atom is 0.204 e. The fourth-order valence-electron chi connectivity index (χ4n) is 1.88. The minimum atomic E-state index is -0.459. The quantitative estimate of drug-likeness (QED) is 0.597. The third-order valence-electron chi connectivity index (χ3n) is 4.66. The van der Waals surface area contributed by atoms with Crippen LogP contribution in [0.3, 0.4) is 0 Å². The van der Waals surface area contributed by atoms with Crippen LogP contribution >= 0.6 is 0 Å². The summed E-state index contributed by atoms with van der Waals surface area (Å²) >= 11 is 0. The van der Waals surface area contributed by atoms with Gasteiger partial charge in [0.15, 0.2) is 5.78 Å². The molecule has 0 N–H and O–H groups in total. The summed E-state index contributed by atoms with van der Waals surface area (Å²) in [5, 5.41) is 0. The predicted octanol–water partition coefficient (Wildman–Crippen LogP) is 4.17. The second-order valence-electron chi connectivity index (χ2n) is 5.71. The average molecular weight is 240 g/mol. The van der Waals surface area contributed by atoms with Gasteiger partial charge < -0.3 is 0 Å². The molecule has 0 radical (unpaired) electrons. The molecule has 0 saturated heterocycles. The molecule has 0 aromatic rings. The summed E-state index contributed by atoms with van der Waals surface area (Å²) in [6.07, 6.45) is 3.76. The summed E-state index contributed by atoms with van der Waals surface area (Å²) in [5.74, 6) is -0.349. The highest BCUT2D eigenvalue weighted by atomic mass is 16.2.